The third kappa shape index (κ3) is 3.19. The van der Waals surface area contributed by atoms with Crippen LogP contribution in [0.5, 0.6) is 0 Å². The fourth-order valence-electron chi connectivity index (χ4n) is 1.13. The summed E-state index contributed by atoms with van der Waals surface area (Å²) in [4.78, 5) is 0.153. The van der Waals surface area contributed by atoms with Gasteiger partial charge in [0.25, 0.3) is 0 Å². The number of sulfonamides is 1. The van der Waals surface area contributed by atoms with E-state index in [4.69, 9.17) is 10.8 Å². The van der Waals surface area contributed by atoms with E-state index in [1.807, 2.05) is 0 Å². The van der Waals surface area contributed by atoms with Crippen molar-refractivity contribution >= 4 is 15.7 Å². The molecule has 5 nitrogen and oxygen atoms in total. The monoisotopic (exact) mass is 244 g/mol. The van der Waals surface area contributed by atoms with E-state index >= 15 is 0 Å². The Labute approximate surface area is 95.3 Å². The molecule has 0 aliphatic carbocycles. The Kier molecular flexibility index (Phi) is 3.90. The largest absolute Gasteiger partial charge is 0.399 e. The van der Waals surface area contributed by atoms with Crippen molar-refractivity contribution in [3.05, 3.63) is 23.8 Å². The number of aliphatic hydroxyl groups is 1. The number of benzene rings is 1. The van der Waals surface area contributed by atoms with E-state index in [0.717, 1.165) is 0 Å². The average Bonchev–Trinajstić information content (AvgIpc) is 2.19. The molecular formula is C10H16N2O3S. The highest BCUT2D eigenvalue weighted by molar-refractivity contribution is 7.89. The summed E-state index contributed by atoms with van der Waals surface area (Å²) in [5, 5.41) is 9.01. The van der Waals surface area contributed by atoms with E-state index in [1.54, 1.807) is 13.0 Å². The van der Waals surface area contributed by atoms with E-state index in [9.17, 15) is 8.42 Å². The minimum atomic E-state index is -3.56. The van der Waals surface area contributed by atoms with Crippen LogP contribution in [0, 0.1) is 6.92 Å². The first kappa shape index (κ1) is 13.0. The van der Waals surface area contributed by atoms with Gasteiger partial charge in [0.05, 0.1) is 11.0 Å². The standard InChI is InChI=1S/C10H16N2O3S/c1-7-5-9(3-4-10(7)11)16(14,15)12-6-8(2)13/h3-5,8,12-13H,6,11H2,1-2H3/t8-/m0/s1. The summed E-state index contributed by atoms with van der Waals surface area (Å²) in [7, 11) is -3.56. The van der Waals surface area contributed by atoms with Gasteiger partial charge >= 0.3 is 0 Å². The normalized spacial score (nSPS) is 13.7. The zero-order chi connectivity index (χ0) is 12.3. The van der Waals surface area contributed by atoms with Crippen molar-refractivity contribution in [2.45, 2.75) is 24.8 Å². The Hall–Kier alpha value is -1.11. The van der Waals surface area contributed by atoms with Crippen molar-refractivity contribution in [3.8, 4) is 0 Å². The summed E-state index contributed by atoms with van der Waals surface area (Å²) < 4.78 is 25.8. The van der Waals surface area contributed by atoms with Gasteiger partial charge in [0.15, 0.2) is 0 Å². The van der Waals surface area contributed by atoms with Crippen LogP contribution in [0.25, 0.3) is 0 Å². The number of aliphatic hydroxyl groups excluding tert-OH is 1. The molecule has 1 aromatic carbocycles. The molecule has 0 saturated carbocycles. The first-order chi connectivity index (χ1) is 7.33. The highest BCUT2D eigenvalue weighted by Crippen LogP contribution is 2.16. The van der Waals surface area contributed by atoms with Crippen LogP contribution in [0.4, 0.5) is 5.69 Å². The van der Waals surface area contributed by atoms with Gasteiger partial charge in [0, 0.05) is 12.2 Å². The lowest BCUT2D eigenvalue weighted by Crippen LogP contribution is -2.30. The van der Waals surface area contributed by atoms with Gasteiger partial charge in [0.1, 0.15) is 0 Å². The summed E-state index contributed by atoms with van der Waals surface area (Å²) in [6.45, 7) is 3.24. The number of anilines is 1. The highest BCUT2D eigenvalue weighted by Gasteiger charge is 2.14. The third-order valence-corrected chi connectivity index (χ3v) is 3.54. The summed E-state index contributed by atoms with van der Waals surface area (Å²) in [6, 6.07) is 4.48. The van der Waals surface area contributed by atoms with Crippen LogP contribution in [0.3, 0.4) is 0 Å². The Bertz CT molecular complexity index is 469. The molecule has 0 amide bonds. The minimum absolute atomic E-state index is 0.00818. The molecular weight excluding hydrogens is 228 g/mol. The van der Waals surface area contributed by atoms with Gasteiger partial charge in [-0.2, -0.15) is 0 Å². The molecule has 0 fully saturated rings. The number of hydrogen-bond donors (Lipinski definition) is 3. The number of hydrogen-bond acceptors (Lipinski definition) is 4. The van der Waals surface area contributed by atoms with Crippen molar-refractivity contribution in [2.24, 2.45) is 0 Å². The SMILES string of the molecule is Cc1cc(S(=O)(=O)NC[C@H](C)O)ccc1N. The Morgan fingerprint density at radius 3 is 2.62 bits per heavy atom. The second kappa shape index (κ2) is 4.82. The predicted octanol–water partition coefficient (Wildman–Crippen LogP) is 0.236. The van der Waals surface area contributed by atoms with E-state index in [1.165, 1.54) is 19.1 Å². The van der Waals surface area contributed by atoms with Gasteiger partial charge in [-0.15, -0.1) is 0 Å². The zero-order valence-electron chi connectivity index (χ0n) is 9.27. The molecule has 0 unspecified atom stereocenters. The summed E-state index contributed by atoms with van der Waals surface area (Å²) in [5.41, 5.74) is 6.86. The number of nitrogen functional groups attached to an aromatic ring is 1. The molecule has 0 bridgehead atoms. The summed E-state index contributed by atoms with van der Waals surface area (Å²) in [6.07, 6.45) is -0.718. The Morgan fingerprint density at radius 2 is 2.12 bits per heavy atom. The van der Waals surface area contributed by atoms with Gasteiger partial charge in [0.2, 0.25) is 10.0 Å². The van der Waals surface area contributed by atoms with E-state index < -0.39 is 16.1 Å². The maximum Gasteiger partial charge on any atom is 0.240 e. The topological polar surface area (TPSA) is 92.4 Å². The molecule has 1 aromatic rings. The third-order valence-electron chi connectivity index (χ3n) is 2.12. The zero-order valence-corrected chi connectivity index (χ0v) is 10.1. The second-order valence-electron chi connectivity index (χ2n) is 3.72. The van der Waals surface area contributed by atoms with Crippen molar-refractivity contribution in [1.82, 2.24) is 4.72 Å². The van der Waals surface area contributed by atoms with Crippen molar-refractivity contribution < 1.29 is 13.5 Å². The summed E-state index contributed by atoms with van der Waals surface area (Å²) in [5.74, 6) is 0. The molecule has 1 rings (SSSR count). The van der Waals surface area contributed by atoms with Crippen LogP contribution in [-0.2, 0) is 10.0 Å². The molecule has 0 spiro atoms. The second-order valence-corrected chi connectivity index (χ2v) is 5.49. The van der Waals surface area contributed by atoms with E-state index in [-0.39, 0.29) is 11.4 Å². The molecule has 16 heavy (non-hydrogen) atoms. The van der Waals surface area contributed by atoms with Crippen molar-refractivity contribution in [1.29, 1.82) is 0 Å². The van der Waals surface area contributed by atoms with Crippen LogP contribution >= 0.6 is 0 Å². The smallest absolute Gasteiger partial charge is 0.240 e. The van der Waals surface area contributed by atoms with Gasteiger partial charge in [-0.25, -0.2) is 13.1 Å². The molecule has 1 atom stereocenters. The minimum Gasteiger partial charge on any atom is -0.399 e. The number of nitrogens with two attached hydrogens (primary N) is 1. The molecule has 90 valence electrons. The Balaban J connectivity index is 2.94. The molecule has 0 aliphatic heterocycles. The number of aryl methyl sites for hydroxylation is 1. The van der Waals surface area contributed by atoms with Gasteiger partial charge in [-0.1, -0.05) is 0 Å². The van der Waals surface area contributed by atoms with Crippen LogP contribution in [0.15, 0.2) is 23.1 Å². The highest BCUT2D eigenvalue weighted by atomic mass is 32.2. The van der Waals surface area contributed by atoms with Crippen LogP contribution in [0.1, 0.15) is 12.5 Å². The van der Waals surface area contributed by atoms with Gasteiger partial charge < -0.3 is 10.8 Å². The summed E-state index contributed by atoms with van der Waals surface area (Å²) >= 11 is 0. The van der Waals surface area contributed by atoms with Gasteiger partial charge in [-0.3, -0.25) is 0 Å². The first-order valence-corrected chi connectivity index (χ1v) is 6.35. The van der Waals surface area contributed by atoms with Crippen molar-refractivity contribution in [2.75, 3.05) is 12.3 Å². The molecule has 0 radical (unpaired) electrons. The molecule has 0 heterocycles. The van der Waals surface area contributed by atoms with Crippen LogP contribution in [0.2, 0.25) is 0 Å². The van der Waals surface area contributed by atoms with Crippen LogP contribution < -0.4 is 10.5 Å². The average molecular weight is 244 g/mol. The molecule has 0 saturated heterocycles. The lowest BCUT2D eigenvalue weighted by Gasteiger charge is -2.09. The van der Waals surface area contributed by atoms with E-state index in [0.29, 0.717) is 11.3 Å². The lowest BCUT2D eigenvalue weighted by molar-refractivity contribution is 0.198. The Morgan fingerprint density at radius 1 is 1.50 bits per heavy atom. The molecule has 0 aliphatic rings. The fourth-order valence-corrected chi connectivity index (χ4v) is 2.34. The van der Waals surface area contributed by atoms with Gasteiger partial charge in [-0.05, 0) is 37.6 Å². The quantitative estimate of drug-likeness (QED) is 0.661. The predicted molar refractivity (Wildman–Crippen MR) is 62.5 cm³/mol. The number of nitrogens with one attached hydrogen (secondary N) is 1. The molecule has 4 N–H and O–H groups in total. The van der Waals surface area contributed by atoms with Crippen molar-refractivity contribution in [3.63, 3.8) is 0 Å². The van der Waals surface area contributed by atoms with E-state index in [2.05, 4.69) is 4.72 Å². The fraction of sp³-hybridized carbons (Fsp3) is 0.400. The number of rotatable bonds is 4. The maximum atomic E-state index is 11.7. The molecule has 6 heteroatoms. The van der Waals surface area contributed by atoms with Crippen LogP contribution in [-0.4, -0.2) is 26.2 Å². The maximum absolute atomic E-state index is 11.7. The lowest BCUT2D eigenvalue weighted by atomic mass is 10.2. The first-order valence-electron chi connectivity index (χ1n) is 4.87. The molecule has 0 aromatic heterocycles.